The van der Waals surface area contributed by atoms with Crippen molar-refractivity contribution in [1.29, 1.82) is 0 Å². The normalized spacial score (nSPS) is 26.5. The number of piperidine rings is 1. The minimum Gasteiger partial charge on any atom is -0.370 e. The molecule has 0 spiro atoms. The molecule has 0 aromatic carbocycles. The number of nitrogens with zero attached hydrogens (tertiary/aromatic N) is 2. The summed E-state index contributed by atoms with van der Waals surface area (Å²) in [5, 5.41) is 0. The van der Waals surface area contributed by atoms with Gasteiger partial charge in [-0.15, -0.1) is 0 Å². The van der Waals surface area contributed by atoms with Crippen molar-refractivity contribution in [1.82, 2.24) is 4.90 Å². The first-order valence-electron chi connectivity index (χ1n) is 3.96. The van der Waals surface area contributed by atoms with Crippen molar-refractivity contribution < 1.29 is 0 Å². The number of hydrogen-bond donors (Lipinski definition) is 2. The van der Waals surface area contributed by atoms with Crippen LogP contribution in [-0.2, 0) is 0 Å². The molecule has 1 unspecified atom stereocenters. The van der Waals surface area contributed by atoms with Crippen LogP contribution in [0.3, 0.4) is 0 Å². The second kappa shape index (κ2) is 3.57. The Morgan fingerprint density at radius 2 is 2.27 bits per heavy atom. The number of likely N-dealkylation sites (N-methyl/N-ethyl adjacent to an activating group) is 1. The zero-order chi connectivity index (χ0) is 8.27. The molecule has 64 valence electrons. The van der Waals surface area contributed by atoms with Crippen LogP contribution in [0, 0.1) is 0 Å². The summed E-state index contributed by atoms with van der Waals surface area (Å²) in [6.07, 6.45) is 2.31. The summed E-state index contributed by atoms with van der Waals surface area (Å²) in [6.45, 7) is 2.15. The largest absolute Gasteiger partial charge is 0.370 e. The van der Waals surface area contributed by atoms with Crippen LogP contribution in [0.1, 0.15) is 12.8 Å². The van der Waals surface area contributed by atoms with Gasteiger partial charge in [0.2, 0.25) is 0 Å². The van der Waals surface area contributed by atoms with E-state index in [-0.39, 0.29) is 5.96 Å². The maximum absolute atomic E-state index is 5.28. The Labute approximate surface area is 67.3 Å². The van der Waals surface area contributed by atoms with Gasteiger partial charge in [-0.2, -0.15) is 0 Å². The van der Waals surface area contributed by atoms with Gasteiger partial charge in [-0.3, -0.25) is 0 Å². The van der Waals surface area contributed by atoms with Gasteiger partial charge in [-0.25, -0.2) is 4.99 Å². The highest BCUT2D eigenvalue weighted by molar-refractivity contribution is 5.75. The lowest BCUT2D eigenvalue weighted by Crippen LogP contribution is -2.36. The van der Waals surface area contributed by atoms with Crippen molar-refractivity contribution in [2.45, 2.75) is 18.9 Å². The molecule has 0 aromatic rings. The van der Waals surface area contributed by atoms with Crippen LogP contribution < -0.4 is 11.5 Å². The van der Waals surface area contributed by atoms with Gasteiger partial charge in [-0.1, -0.05) is 0 Å². The Balaban J connectivity index is 2.40. The van der Waals surface area contributed by atoms with Gasteiger partial charge in [0.25, 0.3) is 0 Å². The van der Waals surface area contributed by atoms with E-state index < -0.39 is 0 Å². The molecule has 1 saturated heterocycles. The monoisotopic (exact) mass is 156 g/mol. The van der Waals surface area contributed by atoms with Gasteiger partial charge in [0.1, 0.15) is 0 Å². The predicted octanol–water partition coefficient (Wildman–Crippen LogP) is -0.646. The Bertz CT molecular complexity index is 151. The summed E-state index contributed by atoms with van der Waals surface area (Å²) in [7, 11) is 2.09. The first kappa shape index (κ1) is 8.33. The topological polar surface area (TPSA) is 67.6 Å². The number of guanidine groups is 1. The summed E-state index contributed by atoms with van der Waals surface area (Å²) < 4.78 is 0. The lowest BCUT2D eigenvalue weighted by Gasteiger charge is -2.26. The van der Waals surface area contributed by atoms with Crippen LogP contribution in [0.4, 0.5) is 0 Å². The number of aliphatic imine (C=N–C) groups is 1. The molecule has 4 heteroatoms. The molecule has 4 N–H and O–H groups in total. The second-order valence-electron chi connectivity index (χ2n) is 3.11. The molecule has 1 atom stereocenters. The molecule has 11 heavy (non-hydrogen) atoms. The molecule has 1 heterocycles. The molecule has 1 fully saturated rings. The van der Waals surface area contributed by atoms with E-state index in [9.17, 15) is 0 Å². The summed E-state index contributed by atoms with van der Waals surface area (Å²) in [6, 6.07) is 0.318. The average molecular weight is 156 g/mol. The lowest BCUT2D eigenvalue weighted by molar-refractivity contribution is 0.253. The van der Waals surface area contributed by atoms with E-state index in [0.29, 0.717) is 6.04 Å². The zero-order valence-corrected chi connectivity index (χ0v) is 6.95. The van der Waals surface area contributed by atoms with E-state index in [4.69, 9.17) is 11.5 Å². The Morgan fingerprint density at radius 3 is 2.82 bits per heavy atom. The van der Waals surface area contributed by atoms with Crippen LogP contribution in [0.15, 0.2) is 4.99 Å². The SMILES string of the molecule is CN1CCCC(N=C(N)N)C1. The van der Waals surface area contributed by atoms with Crippen LogP contribution in [0.2, 0.25) is 0 Å². The van der Waals surface area contributed by atoms with E-state index >= 15 is 0 Å². The first-order chi connectivity index (χ1) is 5.18. The van der Waals surface area contributed by atoms with Crippen molar-refractivity contribution in [2.75, 3.05) is 20.1 Å². The van der Waals surface area contributed by atoms with Crippen LogP contribution in [0.25, 0.3) is 0 Å². The standard InChI is InChI=1S/C7H16N4/c1-11-4-2-3-6(5-11)10-7(8)9/h6H,2-5H2,1H3,(H4,8,9,10). The second-order valence-corrected chi connectivity index (χ2v) is 3.11. The van der Waals surface area contributed by atoms with Gasteiger partial charge < -0.3 is 16.4 Å². The van der Waals surface area contributed by atoms with Gasteiger partial charge in [0, 0.05) is 6.54 Å². The molecular weight excluding hydrogens is 140 g/mol. The highest BCUT2D eigenvalue weighted by Gasteiger charge is 2.15. The van der Waals surface area contributed by atoms with Crippen LogP contribution in [-0.4, -0.2) is 37.0 Å². The van der Waals surface area contributed by atoms with E-state index in [2.05, 4.69) is 16.9 Å². The number of likely N-dealkylation sites (tertiary alicyclic amines) is 1. The fourth-order valence-electron chi connectivity index (χ4n) is 1.46. The van der Waals surface area contributed by atoms with Crippen LogP contribution in [0.5, 0.6) is 0 Å². The van der Waals surface area contributed by atoms with E-state index in [1.54, 1.807) is 0 Å². The molecule has 1 aliphatic heterocycles. The van der Waals surface area contributed by atoms with Gasteiger partial charge in [0.15, 0.2) is 5.96 Å². The predicted molar refractivity (Wildman–Crippen MR) is 46.3 cm³/mol. The molecule has 0 saturated carbocycles. The first-order valence-corrected chi connectivity index (χ1v) is 3.96. The fraction of sp³-hybridized carbons (Fsp3) is 0.857. The third kappa shape index (κ3) is 2.76. The highest BCUT2D eigenvalue weighted by Crippen LogP contribution is 2.10. The summed E-state index contributed by atoms with van der Waals surface area (Å²) in [5.74, 6) is 0.213. The number of hydrogen-bond acceptors (Lipinski definition) is 2. The Hall–Kier alpha value is -0.770. The third-order valence-electron chi connectivity index (χ3n) is 1.93. The summed E-state index contributed by atoms with van der Waals surface area (Å²) in [5.41, 5.74) is 10.6. The smallest absolute Gasteiger partial charge is 0.186 e. The van der Waals surface area contributed by atoms with Gasteiger partial charge in [0.05, 0.1) is 6.04 Å². The molecule has 0 aliphatic carbocycles. The highest BCUT2D eigenvalue weighted by atomic mass is 15.1. The van der Waals surface area contributed by atoms with E-state index in [0.717, 1.165) is 19.5 Å². The van der Waals surface area contributed by atoms with E-state index in [1.165, 1.54) is 6.42 Å². The molecule has 0 amide bonds. The average Bonchev–Trinajstić information content (AvgIpc) is 1.85. The molecule has 0 aromatic heterocycles. The van der Waals surface area contributed by atoms with E-state index in [1.807, 2.05) is 0 Å². The number of nitrogens with two attached hydrogens (primary N) is 2. The Kier molecular flexibility index (Phi) is 2.70. The fourth-order valence-corrected chi connectivity index (χ4v) is 1.46. The quantitative estimate of drug-likeness (QED) is 0.392. The lowest BCUT2D eigenvalue weighted by atomic mass is 10.1. The van der Waals surface area contributed by atoms with Crippen molar-refractivity contribution >= 4 is 5.96 Å². The van der Waals surface area contributed by atoms with Crippen molar-refractivity contribution in [3.63, 3.8) is 0 Å². The maximum atomic E-state index is 5.28. The molecule has 0 radical (unpaired) electrons. The molecule has 1 rings (SSSR count). The number of rotatable bonds is 1. The molecule has 0 bridgehead atoms. The molecular formula is C7H16N4. The summed E-state index contributed by atoms with van der Waals surface area (Å²) >= 11 is 0. The molecule has 4 nitrogen and oxygen atoms in total. The molecule has 1 aliphatic rings. The third-order valence-corrected chi connectivity index (χ3v) is 1.93. The van der Waals surface area contributed by atoms with Crippen molar-refractivity contribution in [3.05, 3.63) is 0 Å². The van der Waals surface area contributed by atoms with Gasteiger partial charge >= 0.3 is 0 Å². The maximum Gasteiger partial charge on any atom is 0.186 e. The van der Waals surface area contributed by atoms with Crippen LogP contribution >= 0.6 is 0 Å². The van der Waals surface area contributed by atoms with Gasteiger partial charge in [-0.05, 0) is 26.4 Å². The zero-order valence-electron chi connectivity index (χ0n) is 6.95. The Morgan fingerprint density at radius 1 is 1.55 bits per heavy atom. The summed E-state index contributed by atoms with van der Waals surface area (Å²) in [4.78, 5) is 6.37. The van der Waals surface area contributed by atoms with Crippen molar-refractivity contribution in [2.24, 2.45) is 16.5 Å². The van der Waals surface area contributed by atoms with Crippen molar-refractivity contribution in [3.8, 4) is 0 Å². The minimum absolute atomic E-state index is 0.213. The minimum atomic E-state index is 0.213.